The molecule has 0 aliphatic carbocycles. The summed E-state index contributed by atoms with van der Waals surface area (Å²) in [6.07, 6.45) is 12.3. The van der Waals surface area contributed by atoms with Crippen molar-refractivity contribution in [2.24, 2.45) is 0 Å². The average molecular weight is 554 g/mol. The van der Waals surface area contributed by atoms with Gasteiger partial charge in [-0.1, -0.05) is 71.1 Å². The number of rotatable bonds is 17. The summed E-state index contributed by atoms with van der Waals surface area (Å²) < 4.78 is 24.9. The minimum atomic E-state index is -1.13. The second-order valence-electron chi connectivity index (χ2n) is 10.3. The normalized spacial score (nSPS) is 11.9. The molecule has 1 aromatic heterocycles. The van der Waals surface area contributed by atoms with Gasteiger partial charge in [-0.2, -0.15) is 0 Å². The van der Waals surface area contributed by atoms with E-state index in [1.165, 1.54) is 88.6 Å². The second kappa shape index (κ2) is 15.8. The smallest absolute Gasteiger partial charge is 0.344 e. The van der Waals surface area contributed by atoms with Crippen molar-refractivity contribution in [1.29, 1.82) is 0 Å². The number of amides is 1. The van der Waals surface area contributed by atoms with Crippen LogP contribution in [-0.4, -0.2) is 23.1 Å². The van der Waals surface area contributed by atoms with E-state index in [-0.39, 0.29) is 22.9 Å². The molecule has 8 heteroatoms. The number of carbonyl (C=O) groups is 2. The van der Waals surface area contributed by atoms with E-state index in [1.54, 1.807) is 12.1 Å². The molecule has 216 valence electrons. The predicted molar refractivity (Wildman–Crippen MR) is 155 cm³/mol. The number of benzene rings is 2. The third kappa shape index (κ3) is 9.50. The Kier molecular flexibility index (Phi) is 12.2. The van der Waals surface area contributed by atoms with Crippen molar-refractivity contribution >= 4 is 28.5 Å². The van der Waals surface area contributed by atoms with Gasteiger partial charge in [-0.3, -0.25) is 4.79 Å². The number of carboxylic acids is 1. The van der Waals surface area contributed by atoms with Crippen LogP contribution < -0.4 is 15.7 Å². The molecule has 3 rings (SSSR count). The maximum atomic E-state index is 14.2. The minimum Gasteiger partial charge on any atom is -0.479 e. The van der Waals surface area contributed by atoms with Crippen LogP contribution in [-0.2, 0) is 9.59 Å². The van der Waals surface area contributed by atoms with Gasteiger partial charge in [-0.05, 0) is 43.7 Å². The summed E-state index contributed by atoms with van der Waals surface area (Å²) in [4.78, 5) is 36.2. The van der Waals surface area contributed by atoms with E-state index in [2.05, 4.69) is 12.2 Å². The summed E-state index contributed by atoms with van der Waals surface area (Å²) in [5.74, 6) is -1.63. The molecule has 0 aliphatic rings. The molecule has 1 atom stereocenters. The Bertz CT molecular complexity index is 1330. The first-order chi connectivity index (χ1) is 19.3. The van der Waals surface area contributed by atoms with Crippen LogP contribution in [0.15, 0.2) is 51.7 Å². The lowest BCUT2D eigenvalue weighted by Gasteiger charge is -2.14. The SMILES string of the molecule is CCCCCCCCCCCCCC(=O)Nc1cc(F)ccc1-c1cc(=O)oc2cc(OC(C)C(=O)O)ccc12. The number of unbranched alkanes of at least 4 members (excludes halogenated alkanes) is 10. The molecule has 0 fully saturated rings. The number of fused-ring (bicyclic) bond motifs is 1. The molecular formula is C32H40FNO6. The quantitative estimate of drug-likeness (QED) is 0.129. The third-order valence-electron chi connectivity index (χ3n) is 6.93. The van der Waals surface area contributed by atoms with E-state index in [0.29, 0.717) is 22.9 Å². The lowest BCUT2D eigenvalue weighted by atomic mass is 9.99. The Balaban J connectivity index is 1.62. The first-order valence-electron chi connectivity index (χ1n) is 14.4. The third-order valence-corrected chi connectivity index (χ3v) is 6.93. The number of carbonyl (C=O) groups excluding carboxylic acids is 1. The van der Waals surface area contributed by atoms with Crippen molar-refractivity contribution in [2.75, 3.05) is 5.32 Å². The van der Waals surface area contributed by atoms with Gasteiger partial charge in [0.2, 0.25) is 5.91 Å². The van der Waals surface area contributed by atoms with Crippen LogP contribution in [0.25, 0.3) is 22.1 Å². The van der Waals surface area contributed by atoms with Gasteiger partial charge >= 0.3 is 11.6 Å². The highest BCUT2D eigenvalue weighted by atomic mass is 19.1. The minimum absolute atomic E-state index is 0.181. The standard InChI is InChI=1S/C32H40FNO6/c1-3-4-5-6-7-8-9-10-11-12-13-14-30(35)34-28-19-23(33)15-17-25(28)27-21-31(36)40-29-20-24(16-18-26(27)29)39-22(2)32(37)38/h15-22H,3-14H2,1-2H3,(H,34,35)(H,37,38). The van der Waals surface area contributed by atoms with E-state index in [1.807, 2.05) is 0 Å². The summed E-state index contributed by atoms with van der Waals surface area (Å²) >= 11 is 0. The number of hydrogen-bond donors (Lipinski definition) is 2. The average Bonchev–Trinajstić information content (AvgIpc) is 2.91. The molecule has 0 aliphatic heterocycles. The lowest BCUT2D eigenvalue weighted by Crippen LogP contribution is -2.22. The zero-order valence-electron chi connectivity index (χ0n) is 23.5. The number of anilines is 1. The van der Waals surface area contributed by atoms with E-state index >= 15 is 0 Å². The van der Waals surface area contributed by atoms with Gasteiger partial charge in [0.05, 0.1) is 5.69 Å². The Morgan fingerprint density at radius 2 is 1.55 bits per heavy atom. The molecule has 1 amide bonds. The number of hydrogen-bond acceptors (Lipinski definition) is 5. The molecule has 40 heavy (non-hydrogen) atoms. The number of halogens is 1. The van der Waals surface area contributed by atoms with Crippen molar-refractivity contribution in [2.45, 2.75) is 97.0 Å². The molecule has 7 nitrogen and oxygen atoms in total. The molecular weight excluding hydrogens is 513 g/mol. The first-order valence-corrected chi connectivity index (χ1v) is 14.4. The molecule has 1 heterocycles. The van der Waals surface area contributed by atoms with Crippen LogP contribution in [0, 0.1) is 5.82 Å². The highest BCUT2D eigenvalue weighted by Gasteiger charge is 2.17. The van der Waals surface area contributed by atoms with Gasteiger partial charge in [0.15, 0.2) is 6.10 Å². The van der Waals surface area contributed by atoms with Crippen molar-refractivity contribution in [1.82, 2.24) is 0 Å². The number of nitrogens with one attached hydrogen (secondary N) is 1. The van der Waals surface area contributed by atoms with Crippen LogP contribution in [0.2, 0.25) is 0 Å². The highest BCUT2D eigenvalue weighted by Crippen LogP contribution is 2.35. The molecule has 1 unspecified atom stereocenters. The summed E-state index contributed by atoms with van der Waals surface area (Å²) in [7, 11) is 0. The zero-order valence-corrected chi connectivity index (χ0v) is 23.5. The van der Waals surface area contributed by atoms with Crippen LogP contribution in [0.3, 0.4) is 0 Å². The number of aliphatic carboxylic acids is 1. The van der Waals surface area contributed by atoms with E-state index < -0.39 is 23.5 Å². The van der Waals surface area contributed by atoms with Gasteiger partial charge in [0.1, 0.15) is 17.1 Å². The largest absolute Gasteiger partial charge is 0.479 e. The van der Waals surface area contributed by atoms with Crippen molar-refractivity contribution in [3.63, 3.8) is 0 Å². The van der Waals surface area contributed by atoms with Gasteiger partial charge in [0, 0.05) is 35.1 Å². The lowest BCUT2D eigenvalue weighted by molar-refractivity contribution is -0.144. The second-order valence-corrected chi connectivity index (χ2v) is 10.3. The molecule has 0 bridgehead atoms. The van der Waals surface area contributed by atoms with Crippen LogP contribution in [0.1, 0.15) is 90.9 Å². The van der Waals surface area contributed by atoms with E-state index in [9.17, 15) is 18.8 Å². The molecule has 3 aromatic rings. The molecule has 0 saturated carbocycles. The summed E-state index contributed by atoms with van der Waals surface area (Å²) in [5.41, 5.74) is 0.724. The zero-order chi connectivity index (χ0) is 28.9. The monoisotopic (exact) mass is 553 g/mol. The van der Waals surface area contributed by atoms with Gasteiger partial charge in [-0.15, -0.1) is 0 Å². The van der Waals surface area contributed by atoms with Gasteiger partial charge in [-0.25, -0.2) is 14.0 Å². The Hall–Kier alpha value is -3.68. The Morgan fingerprint density at radius 1 is 0.900 bits per heavy atom. The van der Waals surface area contributed by atoms with Crippen LogP contribution in [0.4, 0.5) is 10.1 Å². The summed E-state index contributed by atoms with van der Waals surface area (Å²) in [5, 5.41) is 12.4. The number of ether oxygens (including phenoxy) is 1. The van der Waals surface area contributed by atoms with Crippen LogP contribution in [0.5, 0.6) is 5.75 Å². The topological polar surface area (TPSA) is 106 Å². The first kappa shape index (κ1) is 30.9. The molecule has 0 spiro atoms. The molecule has 2 N–H and O–H groups in total. The van der Waals surface area contributed by atoms with Gasteiger partial charge < -0.3 is 19.6 Å². The Morgan fingerprint density at radius 3 is 2.20 bits per heavy atom. The maximum absolute atomic E-state index is 14.2. The number of carboxylic acid groups (broad SMARTS) is 1. The molecule has 0 saturated heterocycles. The van der Waals surface area contributed by atoms with Gasteiger partial charge in [0.25, 0.3) is 0 Å². The predicted octanol–water partition coefficient (Wildman–Crippen LogP) is 8.09. The van der Waals surface area contributed by atoms with E-state index in [0.717, 1.165) is 19.3 Å². The Labute approximate surface area is 234 Å². The summed E-state index contributed by atoms with van der Waals surface area (Å²) in [6.45, 7) is 3.62. The fourth-order valence-corrected chi connectivity index (χ4v) is 4.71. The fraction of sp³-hybridized carbons (Fsp3) is 0.469. The van der Waals surface area contributed by atoms with Crippen molar-refractivity contribution < 1.29 is 28.2 Å². The molecule has 0 radical (unpaired) electrons. The maximum Gasteiger partial charge on any atom is 0.344 e. The summed E-state index contributed by atoms with van der Waals surface area (Å²) in [6, 6.07) is 9.94. The van der Waals surface area contributed by atoms with Crippen molar-refractivity contribution in [3.8, 4) is 16.9 Å². The van der Waals surface area contributed by atoms with Crippen molar-refractivity contribution in [3.05, 3.63) is 58.7 Å². The fourth-order valence-electron chi connectivity index (χ4n) is 4.71. The molecule has 2 aromatic carbocycles. The van der Waals surface area contributed by atoms with E-state index in [4.69, 9.17) is 14.3 Å². The van der Waals surface area contributed by atoms with Crippen LogP contribution >= 0.6 is 0 Å². The highest BCUT2D eigenvalue weighted by molar-refractivity contribution is 6.01.